The lowest BCUT2D eigenvalue weighted by atomic mass is 10.2. The fourth-order valence-electron chi connectivity index (χ4n) is 2.38. The smallest absolute Gasteiger partial charge is 0.255 e. The first-order valence-electron chi connectivity index (χ1n) is 7.91. The van der Waals surface area contributed by atoms with E-state index in [0.29, 0.717) is 10.6 Å². The lowest BCUT2D eigenvalue weighted by Gasteiger charge is -2.21. The molecule has 23 heavy (non-hydrogen) atoms. The number of anilines is 2. The molecular formula is C18H22ClN3O. The van der Waals surface area contributed by atoms with Gasteiger partial charge in [-0.05, 0) is 31.0 Å². The summed E-state index contributed by atoms with van der Waals surface area (Å²) in [4.78, 5) is 18.7. The van der Waals surface area contributed by atoms with Crippen molar-refractivity contribution in [1.29, 1.82) is 0 Å². The van der Waals surface area contributed by atoms with Crippen LogP contribution in [0.25, 0.3) is 0 Å². The number of rotatable bonds is 7. The number of aromatic nitrogens is 1. The fourth-order valence-corrected chi connectivity index (χ4v) is 2.56. The number of amides is 1. The SMILES string of the molecule is CCCN(CCC)C(=O)c1cncc(Nc2ccccc2Cl)c1. The van der Waals surface area contributed by atoms with Crippen molar-refractivity contribution in [1.82, 2.24) is 9.88 Å². The van der Waals surface area contributed by atoms with Gasteiger partial charge in [-0.25, -0.2) is 0 Å². The average Bonchev–Trinajstić information content (AvgIpc) is 2.56. The van der Waals surface area contributed by atoms with Crippen molar-refractivity contribution in [3.05, 3.63) is 53.3 Å². The molecule has 1 amide bonds. The molecule has 122 valence electrons. The summed E-state index contributed by atoms with van der Waals surface area (Å²) in [5, 5.41) is 3.83. The van der Waals surface area contributed by atoms with Gasteiger partial charge in [-0.2, -0.15) is 0 Å². The molecule has 2 rings (SSSR count). The molecule has 0 aliphatic carbocycles. The number of nitrogens with zero attached hydrogens (tertiary/aromatic N) is 2. The van der Waals surface area contributed by atoms with Crippen LogP contribution in [0.15, 0.2) is 42.7 Å². The predicted molar refractivity (Wildman–Crippen MR) is 95.5 cm³/mol. The highest BCUT2D eigenvalue weighted by Gasteiger charge is 2.15. The second kappa shape index (κ2) is 8.53. The Labute approximate surface area is 142 Å². The van der Waals surface area contributed by atoms with Gasteiger partial charge in [0.15, 0.2) is 0 Å². The highest BCUT2D eigenvalue weighted by Crippen LogP contribution is 2.25. The summed E-state index contributed by atoms with van der Waals surface area (Å²) < 4.78 is 0. The van der Waals surface area contributed by atoms with E-state index in [1.165, 1.54) is 0 Å². The maximum Gasteiger partial charge on any atom is 0.255 e. The average molecular weight is 332 g/mol. The van der Waals surface area contributed by atoms with Crippen LogP contribution in [0.4, 0.5) is 11.4 Å². The van der Waals surface area contributed by atoms with Crippen molar-refractivity contribution in [3.63, 3.8) is 0 Å². The summed E-state index contributed by atoms with van der Waals surface area (Å²) in [6.45, 7) is 5.66. The molecule has 5 heteroatoms. The van der Waals surface area contributed by atoms with Crippen LogP contribution in [-0.4, -0.2) is 28.9 Å². The van der Waals surface area contributed by atoms with Gasteiger partial charge in [-0.1, -0.05) is 37.6 Å². The Kier molecular flexibility index (Phi) is 6.41. The summed E-state index contributed by atoms with van der Waals surface area (Å²) in [5.74, 6) is 0.0176. The van der Waals surface area contributed by atoms with Gasteiger partial charge in [0, 0.05) is 19.3 Å². The number of halogens is 1. The molecule has 0 aliphatic rings. The van der Waals surface area contributed by atoms with E-state index in [0.717, 1.165) is 37.3 Å². The van der Waals surface area contributed by atoms with E-state index < -0.39 is 0 Å². The number of hydrogen-bond acceptors (Lipinski definition) is 3. The van der Waals surface area contributed by atoms with Crippen molar-refractivity contribution in [3.8, 4) is 0 Å². The molecule has 0 atom stereocenters. The van der Waals surface area contributed by atoms with Crippen LogP contribution in [0, 0.1) is 0 Å². The van der Waals surface area contributed by atoms with Crippen LogP contribution in [0.1, 0.15) is 37.0 Å². The van der Waals surface area contributed by atoms with E-state index in [1.807, 2.05) is 35.2 Å². The molecule has 0 unspecified atom stereocenters. The molecular weight excluding hydrogens is 310 g/mol. The third-order valence-corrected chi connectivity index (χ3v) is 3.74. The lowest BCUT2D eigenvalue weighted by Crippen LogP contribution is -2.32. The van der Waals surface area contributed by atoms with E-state index >= 15 is 0 Å². The summed E-state index contributed by atoms with van der Waals surface area (Å²) in [6, 6.07) is 9.30. The van der Waals surface area contributed by atoms with E-state index in [9.17, 15) is 4.79 Å². The third kappa shape index (κ3) is 4.70. The number of para-hydroxylation sites is 1. The molecule has 0 saturated carbocycles. The zero-order valence-electron chi connectivity index (χ0n) is 13.6. The maximum absolute atomic E-state index is 12.6. The monoisotopic (exact) mass is 331 g/mol. The largest absolute Gasteiger partial charge is 0.353 e. The summed E-state index contributed by atoms with van der Waals surface area (Å²) in [6.07, 6.45) is 5.18. The highest BCUT2D eigenvalue weighted by atomic mass is 35.5. The van der Waals surface area contributed by atoms with Crippen molar-refractivity contribution < 1.29 is 4.79 Å². The van der Waals surface area contributed by atoms with E-state index in [-0.39, 0.29) is 5.91 Å². The summed E-state index contributed by atoms with van der Waals surface area (Å²) in [5.41, 5.74) is 2.13. The molecule has 1 heterocycles. The van der Waals surface area contributed by atoms with E-state index in [4.69, 9.17) is 11.6 Å². The molecule has 0 radical (unpaired) electrons. The molecule has 0 aliphatic heterocycles. The lowest BCUT2D eigenvalue weighted by molar-refractivity contribution is 0.0755. The Balaban J connectivity index is 2.18. The molecule has 1 N–H and O–H groups in total. The molecule has 0 bridgehead atoms. The number of hydrogen-bond donors (Lipinski definition) is 1. The summed E-state index contributed by atoms with van der Waals surface area (Å²) in [7, 11) is 0. The van der Waals surface area contributed by atoms with Crippen LogP contribution in [0.3, 0.4) is 0 Å². The minimum atomic E-state index is 0.0176. The first kappa shape index (κ1) is 17.3. The molecule has 0 fully saturated rings. The van der Waals surface area contributed by atoms with Gasteiger partial charge in [0.05, 0.1) is 28.2 Å². The van der Waals surface area contributed by atoms with Gasteiger partial charge in [-0.15, -0.1) is 0 Å². The zero-order chi connectivity index (χ0) is 16.7. The van der Waals surface area contributed by atoms with Crippen LogP contribution < -0.4 is 5.32 Å². The minimum Gasteiger partial charge on any atom is -0.353 e. The quantitative estimate of drug-likeness (QED) is 0.797. The number of carbonyl (C=O) groups is 1. The predicted octanol–water partition coefficient (Wildman–Crippen LogP) is 4.74. The van der Waals surface area contributed by atoms with Gasteiger partial charge >= 0.3 is 0 Å². The van der Waals surface area contributed by atoms with Gasteiger partial charge in [0.2, 0.25) is 0 Å². The van der Waals surface area contributed by atoms with Crippen molar-refractivity contribution in [2.24, 2.45) is 0 Å². The van der Waals surface area contributed by atoms with Gasteiger partial charge < -0.3 is 10.2 Å². The minimum absolute atomic E-state index is 0.0176. The number of pyridine rings is 1. The molecule has 0 saturated heterocycles. The molecule has 2 aromatic rings. The highest BCUT2D eigenvalue weighted by molar-refractivity contribution is 6.33. The van der Waals surface area contributed by atoms with Crippen molar-refractivity contribution in [2.75, 3.05) is 18.4 Å². The van der Waals surface area contributed by atoms with Crippen LogP contribution in [0.2, 0.25) is 5.02 Å². The van der Waals surface area contributed by atoms with Crippen LogP contribution in [0.5, 0.6) is 0 Å². The Morgan fingerprint density at radius 3 is 2.52 bits per heavy atom. The van der Waals surface area contributed by atoms with Gasteiger partial charge in [-0.3, -0.25) is 9.78 Å². The third-order valence-electron chi connectivity index (χ3n) is 3.41. The van der Waals surface area contributed by atoms with Crippen LogP contribution in [-0.2, 0) is 0 Å². The van der Waals surface area contributed by atoms with Gasteiger partial charge in [0.25, 0.3) is 5.91 Å². The van der Waals surface area contributed by atoms with Crippen molar-refractivity contribution in [2.45, 2.75) is 26.7 Å². The molecule has 1 aromatic heterocycles. The number of benzene rings is 1. The normalized spacial score (nSPS) is 10.4. The number of carbonyl (C=O) groups excluding carboxylic acids is 1. The molecule has 0 spiro atoms. The first-order valence-corrected chi connectivity index (χ1v) is 8.29. The van der Waals surface area contributed by atoms with E-state index in [1.54, 1.807) is 12.4 Å². The standard InChI is InChI=1S/C18H22ClN3O/c1-3-9-22(10-4-2)18(23)14-11-15(13-20-12-14)21-17-8-6-5-7-16(17)19/h5-8,11-13,21H,3-4,9-10H2,1-2H3. The second-order valence-corrected chi connectivity index (χ2v) is 5.77. The Morgan fingerprint density at radius 1 is 1.17 bits per heavy atom. The Morgan fingerprint density at radius 2 is 1.87 bits per heavy atom. The second-order valence-electron chi connectivity index (χ2n) is 5.36. The molecule has 1 aromatic carbocycles. The molecule has 4 nitrogen and oxygen atoms in total. The summed E-state index contributed by atoms with van der Waals surface area (Å²) >= 11 is 6.15. The zero-order valence-corrected chi connectivity index (χ0v) is 14.3. The van der Waals surface area contributed by atoms with E-state index in [2.05, 4.69) is 24.1 Å². The maximum atomic E-state index is 12.6. The van der Waals surface area contributed by atoms with Crippen molar-refractivity contribution >= 4 is 28.9 Å². The number of nitrogens with one attached hydrogen (secondary N) is 1. The fraction of sp³-hybridized carbons (Fsp3) is 0.333. The van der Waals surface area contributed by atoms with Gasteiger partial charge in [0.1, 0.15) is 0 Å². The Hall–Kier alpha value is -2.07. The topological polar surface area (TPSA) is 45.2 Å². The van der Waals surface area contributed by atoms with Crippen LogP contribution >= 0.6 is 11.6 Å². The Bertz CT molecular complexity index is 654. The first-order chi connectivity index (χ1) is 11.2.